The number of aliphatic hydroxyl groups is 1. The van der Waals surface area contributed by atoms with Gasteiger partial charge in [-0.1, -0.05) is 0 Å². The first-order chi connectivity index (χ1) is 5.09. The van der Waals surface area contributed by atoms with Crippen molar-refractivity contribution in [1.82, 2.24) is 0 Å². The van der Waals surface area contributed by atoms with Gasteiger partial charge in [-0.15, -0.1) is 0 Å². The van der Waals surface area contributed by atoms with E-state index < -0.39 is 11.6 Å². The van der Waals surface area contributed by atoms with E-state index in [9.17, 15) is 4.79 Å². The summed E-state index contributed by atoms with van der Waals surface area (Å²) in [6, 6.07) is 0. The van der Waals surface area contributed by atoms with Crippen molar-refractivity contribution in [3.8, 4) is 0 Å². The minimum atomic E-state index is -0.752. The number of hydrogen-bond acceptors (Lipinski definition) is 2. The normalized spacial score (nSPS) is 4.28. The van der Waals surface area contributed by atoms with E-state index in [1.54, 1.807) is 0 Å². The quantitative estimate of drug-likeness (QED) is 0.381. The van der Waals surface area contributed by atoms with E-state index in [1.807, 2.05) is 0 Å². The van der Waals surface area contributed by atoms with Crippen molar-refractivity contribution in [2.45, 2.75) is 0 Å². The molecule has 0 unspecified atom stereocenters. The summed E-state index contributed by atoms with van der Waals surface area (Å²) < 4.78 is 9.97. The molecule has 0 fully saturated rings. The van der Waals surface area contributed by atoms with Gasteiger partial charge in [0.05, 0.1) is 0 Å². The van der Waals surface area contributed by atoms with Gasteiger partial charge in [-0.25, -0.2) is 0 Å². The molecule has 0 aromatic carbocycles. The van der Waals surface area contributed by atoms with Crippen molar-refractivity contribution in [2.75, 3.05) is 0 Å². The zero-order chi connectivity index (χ0) is 9.44. The van der Waals surface area contributed by atoms with E-state index in [0.717, 1.165) is 0 Å². The summed E-state index contributed by atoms with van der Waals surface area (Å²) in [6.07, 6.45) is 0. The third-order valence-corrected chi connectivity index (χ3v) is 1.78. The van der Waals surface area contributed by atoms with Crippen molar-refractivity contribution in [2.24, 2.45) is 3.50 Å². The van der Waals surface area contributed by atoms with E-state index in [-0.39, 0.29) is 152 Å². The average molecular weight is 1950 g/mol. The van der Waals surface area contributed by atoms with E-state index >= 15 is 0 Å². The van der Waals surface area contributed by atoms with Gasteiger partial charge in [-0.3, -0.25) is 0 Å². The Morgan fingerprint density at radius 3 is 1.22 bits per heavy atom. The van der Waals surface area contributed by atoms with Crippen LogP contribution in [0.5, 0.6) is 0 Å². The van der Waals surface area contributed by atoms with Crippen LogP contribution in [0.4, 0.5) is 0 Å². The van der Waals surface area contributed by atoms with Gasteiger partial charge in [0.25, 0.3) is 0 Å². The second-order valence-corrected chi connectivity index (χ2v) is 3.10. The van der Waals surface area contributed by atoms with Gasteiger partial charge in [0.15, 0.2) is 0 Å². The van der Waals surface area contributed by atoms with Crippen molar-refractivity contribution >= 4 is 15.7 Å². The maximum absolute atomic E-state index is 10.4. The van der Waals surface area contributed by atoms with E-state index in [2.05, 4.69) is 3.50 Å². The van der Waals surface area contributed by atoms with Crippen LogP contribution in [-0.2, 0) is 211 Å². The molecule has 18 heavy (non-hydrogen) atoms. The summed E-state index contributed by atoms with van der Waals surface area (Å²) in [6.45, 7) is 0. The largest absolute Gasteiger partial charge is 0 e. The summed E-state index contributed by atoms with van der Waals surface area (Å²) in [5.41, 5.74) is -0.639. The van der Waals surface area contributed by atoms with Gasteiger partial charge in [-0.05, 0) is 0 Å². The van der Waals surface area contributed by atoms with Gasteiger partial charge in [0.2, 0.25) is 0 Å². The van der Waals surface area contributed by atoms with Crippen LogP contribution in [0.25, 0.3) is 9.32 Å². The third kappa shape index (κ3) is 37.7. The molecule has 1 N–H and O–H groups in total. The maximum atomic E-state index is 10.4. The van der Waals surface area contributed by atoms with E-state index in [0.29, 0.717) is 58.6 Å². The summed E-state index contributed by atoms with van der Waals surface area (Å²) in [5.74, 6) is -0.752. The van der Waals surface area contributed by atoms with Crippen molar-refractivity contribution in [3.63, 3.8) is 0 Å². The second kappa shape index (κ2) is 43.3. The Balaban J connectivity index is -0.0000000122. The van der Waals surface area contributed by atoms with Crippen LogP contribution in [-0.4, -0.2) is 20.8 Å². The van der Waals surface area contributed by atoms with Crippen molar-refractivity contribution in [3.05, 3.63) is 9.32 Å². The standard InChI is InChI=1S/C3HN2O2.N.10W/c4-2(1-6)3(5)7;;;;;;;;;;;/h6H;;;;;;;;;;;/q2*-1;;;;;;;;;;. The molecule has 0 radical (unpaired) electrons. The van der Waals surface area contributed by atoms with Gasteiger partial charge in [0.1, 0.15) is 0 Å². The Morgan fingerprint density at radius 1 is 0.944 bits per heavy atom. The molecule has 0 saturated heterocycles. The van der Waals surface area contributed by atoms with Crippen LogP contribution in [0.1, 0.15) is 0 Å². The summed E-state index contributed by atoms with van der Waals surface area (Å²) >= 11 is 1.94. The average Bonchev–Trinajstić information content (AvgIpc) is 2.05. The van der Waals surface area contributed by atoms with Crippen molar-refractivity contribution in [1.29, 1.82) is 0 Å². The molecule has 0 rings (SSSR count). The van der Waals surface area contributed by atoms with Gasteiger partial charge in [0, 0.05) is 147 Å². The Bertz CT molecular complexity index is 213. The van der Waals surface area contributed by atoms with Crippen LogP contribution in [0, 0.1) is 0 Å². The number of nitrogens with zero attached hydrogens (tertiary/aromatic N) is 3. The molecule has 0 aliphatic heterocycles. The molecule has 0 saturated carbocycles. The molecule has 0 atom stereocenters. The minimum absolute atomic E-state index is 0. The molecule has 0 aliphatic rings. The fourth-order valence-corrected chi connectivity index (χ4v) is 0.759. The van der Waals surface area contributed by atoms with Gasteiger partial charge in [-0.2, -0.15) is 0 Å². The van der Waals surface area contributed by atoms with Gasteiger partial charge < -0.3 is 0 Å². The van der Waals surface area contributed by atoms with Crippen LogP contribution < -0.4 is 0 Å². The minimum Gasteiger partial charge on any atom is 0 e. The predicted molar refractivity (Wildman–Crippen MR) is 26.1 cm³/mol. The first-order valence-electron chi connectivity index (χ1n) is 1.94. The van der Waals surface area contributed by atoms with Gasteiger partial charge >= 0.3 is 97.0 Å². The molecule has 1 amide bonds. The molecule has 0 heterocycles. The Kier molecular flexibility index (Phi) is 136. The molecule has 15 heteroatoms. The molecule has 0 spiro atoms. The molecule has 102 valence electrons. The maximum Gasteiger partial charge on any atom is 0 e. The van der Waals surface area contributed by atoms with Crippen LogP contribution in [0.15, 0.2) is 3.50 Å². The molecule has 5 nitrogen and oxygen atoms in total. The fourth-order valence-electron chi connectivity index (χ4n) is 0.135. The van der Waals surface area contributed by atoms with Crippen LogP contribution in [0.3, 0.4) is 0 Å². The first-order valence-corrected chi connectivity index (χ1v) is 6.03. The number of aliphatic hydroxyl groups excluding tert-OH is 1. The second-order valence-electron chi connectivity index (χ2n) is 1.05. The number of carbonyl (C=O) groups is 1. The molecule has 0 bridgehead atoms. The van der Waals surface area contributed by atoms with Crippen molar-refractivity contribution < 1.29 is 216 Å². The predicted octanol–water partition coefficient (Wildman–Crippen LogP) is -0.428. The number of rotatable bonds is 2. The zero-order valence-corrected chi connectivity index (χ0v) is 37.1. The molecular formula is C3HN3O2W10-2. The van der Waals surface area contributed by atoms with Crippen LogP contribution >= 0.6 is 0 Å². The first kappa shape index (κ1) is 56.5. The summed E-state index contributed by atoms with van der Waals surface area (Å²) in [5, 5.41) is 17.1. The van der Waals surface area contributed by atoms with E-state index in [4.69, 9.17) is 14.4 Å². The summed E-state index contributed by atoms with van der Waals surface area (Å²) in [7, 11) is 0. The smallest absolute Gasteiger partial charge is 0 e. The number of carbonyl (C=O) groups excluding carboxylic acids is 1. The third-order valence-electron chi connectivity index (χ3n) is 0.488. The Labute approximate surface area is 239 Å². The Morgan fingerprint density at radius 2 is 1.17 bits per heavy atom. The topological polar surface area (TPSA) is 94.3 Å². The van der Waals surface area contributed by atoms with E-state index in [1.165, 1.54) is 0 Å². The van der Waals surface area contributed by atoms with Crippen LogP contribution in [0.2, 0.25) is 0 Å². The zero-order valence-electron chi connectivity index (χ0n) is 7.78. The molecule has 0 aliphatic carbocycles. The number of amides is 1. The summed E-state index contributed by atoms with van der Waals surface area (Å²) in [4.78, 5) is 10.4. The number of hydrogen-bond donors (Lipinski definition) is 1. The molecular weight excluding hydrogens is 1950 g/mol. The molecule has 0 aromatic rings. The monoisotopic (exact) mass is 1950 g/mol. The SMILES string of the molecule is [N-]=C(C(=O)[N]=[W])[C](O)=[W].[N-]=[W].[W].[W].[W].[W].[W].[W].[W]. The molecule has 0 aromatic heterocycles. The fraction of sp³-hybridized carbons (Fsp3) is 0. The Hall–Kier alpha value is 5.65.